The lowest BCUT2D eigenvalue weighted by Gasteiger charge is -2.10. The summed E-state index contributed by atoms with van der Waals surface area (Å²) in [6, 6.07) is 14.9. The number of methoxy groups -OCH3 is 1. The van der Waals surface area contributed by atoms with E-state index < -0.39 is 6.10 Å². The van der Waals surface area contributed by atoms with Crippen LogP contribution in [0.4, 0.5) is 0 Å². The van der Waals surface area contributed by atoms with E-state index in [0.29, 0.717) is 6.42 Å². The second-order valence-corrected chi connectivity index (χ2v) is 4.27. The molecule has 100 valence electrons. The lowest BCUT2D eigenvalue weighted by molar-refractivity contribution is 0.173. The predicted octanol–water partition coefficient (Wildman–Crippen LogP) is 3.93. The molecule has 2 rings (SSSR count). The molecule has 1 N–H and O–H groups in total. The molecule has 0 aliphatic carbocycles. The zero-order valence-corrected chi connectivity index (χ0v) is 11.2. The van der Waals surface area contributed by atoms with Crippen LogP contribution in [0.3, 0.4) is 0 Å². The number of benzene rings is 2. The Labute approximate surface area is 113 Å². The third-order valence-electron chi connectivity index (χ3n) is 2.93. The van der Waals surface area contributed by atoms with Crippen LogP contribution in [0.5, 0.6) is 17.2 Å². The fourth-order valence-electron chi connectivity index (χ4n) is 1.79. The van der Waals surface area contributed by atoms with Gasteiger partial charge in [-0.3, -0.25) is 0 Å². The molecule has 0 aliphatic heterocycles. The van der Waals surface area contributed by atoms with Crippen LogP contribution in [0.2, 0.25) is 0 Å². The molecule has 0 heterocycles. The standard InChI is InChI=1S/C16H18O3/c1-3-16(17)12-7-9-13(10-8-12)19-15-6-4-5-14(11-15)18-2/h4-11,16-17H,3H2,1-2H3/t16-/m0/s1. The maximum absolute atomic E-state index is 9.72. The molecule has 0 amide bonds. The van der Waals surface area contributed by atoms with Gasteiger partial charge in [-0.15, -0.1) is 0 Å². The number of hydrogen-bond acceptors (Lipinski definition) is 3. The molecule has 19 heavy (non-hydrogen) atoms. The molecular formula is C16H18O3. The van der Waals surface area contributed by atoms with Crippen molar-refractivity contribution >= 4 is 0 Å². The number of ether oxygens (including phenoxy) is 2. The second kappa shape index (κ2) is 6.25. The molecule has 1 atom stereocenters. The smallest absolute Gasteiger partial charge is 0.131 e. The van der Waals surface area contributed by atoms with Crippen molar-refractivity contribution in [2.45, 2.75) is 19.4 Å². The van der Waals surface area contributed by atoms with Crippen LogP contribution in [-0.2, 0) is 0 Å². The van der Waals surface area contributed by atoms with Gasteiger partial charge in [0, 0.05) is 6.07 Å². The summed E-state index contributed by atoms with van der Waals surface area (Å²) >= 11 is 0. The van der Waals surface area contributed by atoms with E-state index in [0.717, 1.165) is 22.8 Å². The van der Waals surface area contributed by atoms with Crippen molar-refractivity contribution in [1.82, 2.24) is 0 Å². The fraction of sp³-hybridized carbons (Fsp3) is 0.250. The minimum Gasteiger partial charge on any atom is -0.497 e. The molecule has 2 aromatic rings. The zero-order chi connectivity index (χ0) is 13.7. The minimum absolute atomic E-state index is 0.411. The van der Waals surface area contributed by atoms with E-state index in [1.54, 1.807) is 7.11 Å². The lowest BCUT2D eigenvalue weighted by atomic mass is 10.1. The van der Waals surface area contributed by atoms with Gasteiger partial charge >= 0.3 is 0 Å². The Balaban J connectivity index is 2.10. The molecule has 0 unspecified atom stereocenters. The third-order valence-corrected chi connectivity index (χ3v) is 2.93. The van der Waals surface area contributed by atoms with Crippen LogP contribution in [-0.4, -0.2) is 12.2 Å². The maximum atomic E-state index is 9.72. The Morgan fingerprint density at radius 2 is 1.68 bits per heavy atom. The number of hydrogen-bond donors (Lipinski definition) is 1. The highest BCUT2D eigenvalue weighted by Gasteiger charge is 2.05. The van der Waals surface area contributed by atoms with Gasteiger partial charge in [-0.1, -0.05) is 25.1 Å². The van der Waals surface area contributed by atoms with Crippen molar-refractivity contribution in [2.24, 2.45) is 0 Å². The summed E-state index contributed by atoms with van der Waals surface area (Å²) < 4.78 is 10.9. The van der Waals surface area contributed by atoms with Crippen LogP contribution in [0.25, 0.3) is 0 Å². The molecule has 3 heteroatoms. The molecule has 2 aromatic carbocycles. The van der Waals surface area contributed by atoms with Gasteiger partial charge in [0.25, 0.3) is 0 Å². The Bertz CT molecular complexity index is 520. The summed E-state index contributed by atoms with van der Waals surface area (Å²) in [5.41, 5.74) is 0.903. The summed E-state index contributed by atoms with van der Waals surface area (Å²) in [5, 5.41) is 9.72. The highest BCUT2D eigenvalue weighted by molar-refractivity contribution is 5.37. The van der Waals surface area contributed by atoms with Gasteiger partial charge in [0.1, 0.15) is 17.2 Å². The van der Waals surface area contributed by atoms with Gasteiger partial charge in [-0.25, -0.2) is 0 Å². The van der Waals surface area contributed by atoms with Crippen molar-refractivity contribution in [3.05, 3.63) is 54.1 Å². The monoisotopic (exact) mass is 258 g/mol. The largest absolute Gasteiger partial charge is 0.497 e. The number of aliphatic hydroxyl groups is 1. The lowest BCUT2D eigenvalue weighted by Crippen LogP contribution is -1.94. The average molecular weight is 258 g/mol. The van der Waals surface area contributed by atoms with Crippen LogP contribution in [0.15, 0.2) is 48.5 Å². The van der Waals surface area contributed by atoms with E-state index in [-0.39, 0.29) is 0 Å². The summed E-state index contributed by atoms with van der Waals surface area (Å²) in [6.07, 6.45) is 0.293. The second-order valence-electron chi connectivity index (χ2n) is 4.27. The molecule has 0 aliphatic rings. The Kier molecular flexibility index (Phi) is 4.42. The normalized spacial score (nSPS) is 11.9. The van der Waals surface area contributed by atoms with Crippen molar-refractivity contribution in [1.29, 1.82) is 0 Å². The predicted molar refractivity (Wildman–Crippen MR) is 74.8 cm³/mol. The number of rotatable bonds is 5. The maximum Gasteiger partial charge on any atom is 0.131 e. The summed E-state index contributed by atoms with van der Waals surface area (Å²) in [5.74, 6) is 2.22. The highest BCUT2D eigenvalue weighted by atomic mass is 16.5. The van der Waals surface area contributed by atoms with Gasteiger partial charge in [-0.05, 0) is 36.2 Å². The van der Waals surface area contributed by atoms with E-state index in [9.17, 15) is 5.11 Å². The molecular weight excluding hydrogens is 240 g/mol. The minimum atomic E-state index is -0.411. The van der Waals surface area contributed by atoms with Crippen molar-refractivity contribution in [3.8, 4) is 17.2 Å². The SMILES string of the molecule is CC[C@H](O)c1ccc(Oc2cccc(OC)c2)cc1. The van der Waals surface area contributed by atoms with Crippen LogP contribution in [0.1, 0.15) is 25.0 Å². The van der Waals surface area contributed by atoms with Crippen LogP contribution in [0, 0.1) is 0 Å². The van der Waals surface area contributed by atoms with E-state index in [1.165, 1.54) is 0 Å². The Hall–Kier alpha value is -2.00. The molecule has 0 saturated carbocycles. The topological polar surface area (TPSA) is 38.7 Å². The van der Waals surface area contributed by atoms with Crippen molar-refractivity contribution < 1.29 is 14.6 Å². The molecule has 0 bridgehead atoms. The summed E-state index contributed by atoms with van der Waals surface area (Å²) in [6.45, 7) is 1.95. The molecule has 0 fully saturated rings. The highest BCUT2D eigenvalue weighted by Crippen LogP contribution is 2.26. The van der Waals surface area contributed by atoms with Gasteiger partial charge in [-0.2, -0.15) is 0 Å². The van der Waals surface area contributed by atoms with E-state index in [4.69, 9.17) is 9.47 Å². The Morgan fingerprint density at radius 3 is 2.32 bits per heavy atom. The van der Waals surface area contributed by atoms with E-state index in [1.807, 2.05) is 55.5 Å². The van der Waals surface area contributed by atoms with Crippen LogP contribution < -0.4 is 9.47 Å². The first-order valence-electron chi connectivity index (χ1n) is 6.33. The van der Waals surface area contributed by atoms with Gasteiger partial charge in [0.15, 0.2) is 0 Å². The average Bonchev–Trinajstić information content (AvgIpc) is 2.47. The number of aliphatic hydroxyl groups excluding tert-OH is 1. The van der Waals surface area contributed by atoms with Crippen LogP contribution >= 0.6 is 0 Å². The van der Waals surface area contributed by atoms with Gasteiger partial charge in [0.05, 0.1) is 13.2 Å². The molecule has 0 aromatic heterocycles. The molecule has 0 spiro atoms. The fourth-order valence-corrected chi connectivity index (χ4v) is 1.79. The van der Waals surface area contributed by atoms with Gasteiger partial charge in [0.2, 0.25) is 0 Å². The summed E-state index contributed by atoms with van der Waals surface area (Å²) in [7, 11) is 1.63. The van der Waals surface area contributed by atoms with Gasteiger partial charge < -0.3 is 14.6 Å². The van der Waals surface area contributed by atoms with Crippen molar-refractivity contribution in [2.75, 3.05) is 7.11 Å². The van der Waals surface area contributed by atoms with E-state index in [2.05, 4.69) is 0 Å². The quantitative estimate of drug-likeness (QED) is 0.883. The molecule has 0 saturated heterocycles. The first-order chi connectivity index (χ1) is 9.22. The Morgan fingerprint density at radius 1 is 1.00 bits per heavy atom. The first kappa shape index (κ1) is 13.4. The third kappa shape index (κ3) is 3.48. The molecule has 0 radical (unpaired) electrons. The molecule has 3 nitrogen and oxygen atoms in total. The zero-order valence-electron chi connectivity index (χ0n) is 11.2. The van der Waals surface area contributed by atoms with Crippen molar-refractivity contribution in [3.63, 3.8) is 0 Å². The summed E-state index contributed by atoms with van der Waals surface area (Å²) in [4.78, 5) is 0. The van der Waals surface area contributed by atoms with E-state index >= 15 is 0 Å². The first-order valence-corrected chi connectivity index (χ1v) is 6.33.